The van der Waals surface area contributed by atoms with Crippen LogP contribution in [-0.2, 0) is 0 Å². The second kappa shape index (κ2) is 6.41. The highest BCUT2D eigenvalue weighted by molar-refractivity contribution is 9.11. The Morgan fingerprint density at radius 2 is 1.52 bits per heavy atom. The van der Waals surface area contributed by atoms with Gasteiger partial charge in [0.25, 0.3) is 0 Å². The lowest BCUT2D eigenvalue weighted by Gasteiger charge is -2.19. The lowest BCUT2D eigenvalue weighted by Crippen LogP contribution is -2.25. The highest BCUT2D eigenvalue weighted by atomic mass is 79.9. The third kappa shape index (κ3) is 2.97. The van der Waals surface area contributed by atoms with Crippen molar-refractivity contribution in [2.45, 2.75) is 13.0 Å². The molecule has 0 radical (unpaired) electrons. The number of hydrogen-bond acceptors (Lipinski definition) is 2. The highest BCUT2D eigenvalue weighted by Gasteiger charge is 2.31. The molecule has 0 fully saturated rings. The number of thiophene rings is 1. The zero-order valence-corrected chi connectivity index (χ0v) is 13.0. The van der Waals surface area contributed by atoms with Crippen LogP contribution in [-0.4, -0.2) is 6.54 Å². The molecule has 1 aromatic heterocycles. The minimum Gasteiger partial charge on any atom is -0.306 e. The van der Waals surface area contributed by atoms with Crippen molar-refractivity contribution in [3.05, 3.63) is 55.4 Å². The van der Waals surface area contributed by atoms with Crippen molar-refractivity contribution in [3.63, 3.8) is 0 Å². The van der Waals surface area contributed by atoms with Gasteiger partial charge in [-0.3, -0.25) is 0 Å². The van der Waals surface area contributed by atoms with Gasteiger partial charge in [-0.15, -0.1) is 11.3 Å². The summed E-state index contributed by atoms with van der Waals surface area (Å²) < 4.78 is 68.2. The van der Waals surface area contributed by atoms with Gasteiger partial charge in [0.2, 0.25) is 5.82 Å². The van der Waals surface area contributed by atoms with Gasteiger partial charge in [0, 0.05) is 4.88 Å². The standard InChI is InChI=1S/C13H9BrF5NS/c1-2-20-13(5-3-4-6(14)21-5)7-8(15)10(17)12(19)11(18)9(7)16/h3-4,13,20H,2H2,1H3. The van der Waals surface area contributed by atoms with Crippen molar-refractivity contribution < 1.29 is 22.0 Å². The molecule has 0 aliphatic rings. The Balaban J connectivity index is 2.66. The van der Waals surface area contributed by atoms with Crippen LogP contribution in [0.25, 0.3) is 0 Å². The molecule has 1 N–H and O–H groups in total. The maximum Gasteiger partial charge on any atom is 0.200 e. The third-order valence-electron chi connectivity index (χ3n) is 2.82. The molecule has 8 heteroatoms. The van der Waals surface area contributed by atoms with E-state index in [1.54, 1.807) is 19.1 Å². The molecule has 0 saturated carbocycles. The molecule has 0 amide bonds. The van der Waals surface area contributed by atoms with E-state index in [0.717, 1.165) is 11.3 Å². The van der Waals surface area contributed by atoms with Crippen LogP contribution in [0.1, 0.15) is 23.4 Å². The Kier molecular flexibility index (Phi) is 5.00. The van der Waals surface area contributed by atoms with E-state index >= 15 is 0 Å². The molecule has 114 valence electrons. The van der Waals surface area contributed by atoms with Crippen molar-refractivity contribution in [1.82, 2.24) is 5.32 Å². The molecular formula is C13H9BrF5NS. The molecular weight excluding hydrogens is 377 g/mol. The first-order valence-corrected chi connectivity index (χ1v) is 7.49. The third-order valence-corrected chi connectivity index (χ3v) is 4.51. The van der Waals surface area contributed by atoms with Gasteiger partial charge in [0.15, 0.2) is 23.3 Å². The first-order valence-electron chi connectivity index (χ1n) is 5.88. The van der Waals surface area contributed by atoms with Crippen molar-refractivity contribution in [3.8, 4) is 0 Å². The second-order valence-electron chi connectivity index (χ2n) is 4.12. The molecule has 0 aliphatic carbocycles. The molecule has 0 bridgehead atoms. The minimum atomic E-state index is -2.16. The van der Waals surface area contributed by atoms with E-state index in [1.165, 1.54) is 0 Å². The van der Waals surface area contributed by atoms with Crippen LogP contribution in [0.15, 0.2) is 15.9 Å². The number of rotatable bonds is 4. The Morgan fingerprint density at radius 3 is 1.95 bits per heavy atom. The van der Waals surface area contributed by atoms with Crippen molar-refractivity contribution in [1.29, 1.82) is 0 Å². The molecule has 21 heavy (non-hydrogen) atoms. The predicted molar refractivity (Wildman–Crippen MR) is 73.8 cm³/mol. The molecule has 1 unspecified atom stereocenters. The summed E-state index contributed by atoms with van der Waals surface area (Å²) in [6.45, 7) is 1.96. The van der Waals surface area contributed by atoms with E-state index in [2.05, 4.69) is 21.2 Å². The van der Waals surface area contributed by atoms with Gasteiger partial charge in [-0.25, -0.2) is 22.0 Å². The molecule has 1 aromatic carbocycles. The van der Waals surface area contributed by atoms with Crippen molar-refractivity contribution in [2.75, 3.05) is 6.54 Å². The van der Waals surface area contributed by atoms with E-state index in [-0.39, 0.29) is 0 Å². The van der Waals surface area contributed by atoms with Crippen molar-refractivity contribution >= 4 is 27.3 Å². The molecule has 0 aliphatic heterocycles. The smallest absolute Gasteiger partial charge is 0.200 e. The average molecular weight is 386 g/mol. The molecule has 1 heterocycles. The van der Waals surface area contributed by atoms with Crippen LogP contribution >= 0.6 is 27.3 Å². The summed E-state index contributed by atoms with van der Waals surface area (Å²) in [5.74, 6) is -9.68. The highest BCUT2D eigenvalue weighted by Crippen LogP contribution is 2.35. The number of benzene rings is 1. The van der Waals surface area contributed by atoms with Gasteiger partial charge < -0.3 is 5.32 Å². The summed E-state index contributed by atoms with van der Waals surface area (Å²) in [6, 6.07) is 2.08. The van der Waals surface area contributed by atoms with Crippen LogP contribution in [0.4, 0.5) is 22.0 Å². The van der Waals surface area contributed by atoms with Gasteiger partial charge in [0.05, 0.1) is 15.4 Å². The van der Waals surface area contributed by atoms with Gasteiger partial charge in [0.1, 0.15) is 0 Å². The van der Waals surface area contributed by atoms with E-state index < -0.39 is 40.7 Å². The number of hydrogen-bond donors (Lipinski definition) is 1. The summed E-state index contributed by atoms with van der Waals surface area (Å²) in [6.07, 6.45) is 0. The molecule has 2 aromatic rings. The van der Waals surface area contributed by atoms with Gasteiger partial charge >= 0.3 is 0 Å². The number of halogens is 6. The fourth-order valence-electron chi connectivity index (χ4n) is 1.91. The lowest BCUT2D eigenvalue weighted by atomic mass is 10.0. The molecule has 2 rings (SSSR count). The molecule has 0 saturated heterocycles. The monoisotopic (exact) mass is 385 g/mol. The van der Waals surface area contributed by atoms with E-state index in [4.69, 9.17) is 0 Å². The normalized spacial score (nSPS) is 12.7. The summed E-state index contributed by atoms with van der Waals surface area (Å²) in [7, 11) is 0. The summed E-state index contributed by atoms with van der Waals surface area (Å²) in [4.78, 5) is 0.437. The Bertz CT molecular complexity index is 644. The molecule has 1 atom stereocenters. The fourth-order valence-corrected chi connectivity index (χ4v) is 3.42. The SMILES string of the molecule is CCNC(c1ccc(Br)s1)c1c(F)c(F)c(F)c(F)c1F. The number of nitrogens with one attached hydrogen (secondary N) is 1. The van der Waals surface area contributed by atoms with E-state index in [0.29, 0.717) is 15.2 Å². The Morgan fingerprint density at radius 1 is 1.00 bits per heavy atom. The zero-order valence-electron chi connectivity index (χ0n) is 10.6. The first-order chi connectivity index (χ1) is 9.88. The first kappa shape index (κ1) is 16.4. The maximum absolute atomic E-state index is 13.9. The minimum absolute atomic E-state index is 0.291. The largest absolute Gasteiger partial charge is 0.306 e. The molecule has 1 nitrogen and oxygen atoms in total. The van der Waals surface area contributed by atoms with E-state index in [9.17, 15) is 22.0 Å². The van der Waals surface area contributed by atoms with Crippen LogP contribution in [0.3, 0.4) is 0 Å². The zero-order chi connectivity index (χ0) is 15.7. The van der Waals surface area contributed by atoms with Gasteiger partial charge in [-0.05, 0) is 34.6 Å². The van der Waals surface area contributed by atoms with Crippen LogP contribution < -0.4 is 5.32 Å². The second-order valence-corrected chi connectivity index (χ2v) is 6.61. The average Bonchev–Trinajstić information content (AvgIpc) is 2.88. The quantitative estimate of drug-likeness (QED) is 0.448. The van der Waals surface area contributed by atoms with Crippen LogP contribution in [0, 0.1) is 29.1 Å². The Labute approximate surface area is 129 Å². The topological polar surface area (TPSA) is 12.0 Å². The summed E-state index contributed by atoms with van der Waals surface area (Å²) >= 11 is 4.34. The van der Waals surface area contributed by atoms with Gasteiger partial charge in [-0.1, -0.05) is 6.92 Å². The lowest BCUT2D eigenvalue weighted by molar-refractivity contribution is 0.363. The summed E-state index contributed by atoms with van der Waals surface area (Å²) in [5, 5.41) is 2.74. The van der Waals surface area contributed by atoms with E-state index in [1.807, 2.05) is 0 Å². The van der Waals surface area contributed by atoms with Crippen LogP contribution in [0.2, 0.25) is 0 Å². The van der Waals surface area contributed by atoms with Gasteiger partial charge in [-0.2, -0.15) is 0 Å². The predicted octanol–water partition coefficient (Wildman–Crippen LogP) is 4.91. The molecule has 0 spiro atoms. The maximum atomic E-state index is 13.9. The fraction of sp³-hybridized carbons (Fsp3) is 0.231. The summed E-state index contributed by atoms with van der Waals surface area (Å²) in [5.41, 5.74) is -0.873. The van der Waals surface area contributed by atoms with Crippen LogP contribution in [0.5, 0.6) is 0 Å². The Hall–Kier alpha value is -0.990. The van der Waals surface area contributed by atoms with Crippen molar-refractivity contribution in [2.24, 2.45) is 0 Å².